The highest BCUT2D eigenvalue weighted by Crippen LogP contribution is 2.05. The zero-order valence-electron chi connectivity index (χ0n) is 10.4. The lowest BCUT2D eigenvalue weighted by molar-refractivity contribution is 0.472. The van der Waals surface area contributed by atoms with Gasteiger partial charge in [0.05, 0.1) is 5.69 Å². The van der Waals surface area contributed by atoms with Crippen LogP contribution in [-0.2, 0) is 6.54 Å². The Morgan fingerprint density at radius 1 is 1.50 bits per heavy atom. The second kappa shape index (κ2) is 6.92. The third-order valence-electron chi connectivity index (χ3n) is 2.71. The van der Waals surface area contributed by atoms with Crippen molar-refractivity contribution in [1.29, 1.82) is 0 Å². The SMILES string of the molecule is CCC(CCCl)NCc1ccn(C(C)C)n1. The van der Waals surface area contributed by atoms with E-state index in [1.807, 2.05) is 10.9 Å². The molecule has 4 heteroatoms. The van der Waals surface area contributed by atoms with Crippen molar-refractivity contribution in [3.05, 3.63) is 18.0 Å². The summed E-state index contributed by atoms with van der Waals surface area (Å²) in [6.45, 7) is 7.27. The summed E-state index contributed by atoms with van der Waals surface area (Å²) in [5.74, 6) is 0.714. The van der Waals surface area contributed by atoms with Crippen molar-refractivity contribution in [2.75, 3.05) is 5.88 Å². The van der Waals surface area contributed by atoms with Crippen LogP contribution in [0.4, 0.5) is 0 Å². The van der Waals surface area contributed by atoms with Crippen LogP contribution in [0.15, 0.2) is 12.3 Å². The summed E-state index contributed by atoms with van der Waals surface area (Å²) in [6, 6.07) is 3.00. The van der Waals surface area contributed by atoms with Gasteiger partial charge in [-0.1, -0.05) is 6.92 Å². The van der Waals surface area contributed by atoms with Crippen LogP contribution in [0.25, 0.3) is 0 Å². The molecule has 0 aliphatic carbocycles. The predicted molar refractivity (Wildman–Crippen MR) is 68.9 cm³/mol. The fraction of sp³-hybridized carbons (Fsp3) is 0.750. The highest BCUT2D eigenvalue weighted by Gasteiger charge is 2.06. The summed E-state index contributed by atoms with van der Waals surface area (Å²) in [5.41, 5.74) is 1.10. The van der Waals surface area contributed by atoms with Crippen LogP contribution in [0.2, 0.25) is 0 Å². The van der Waals surface area contributed by atoms with Crippen molar-refractivity contribution in [2.45, 2.75) is 52.2 Å². The van der Waals surface area contributed by atoms with E-state index >= 15 is 0 Å². The fourth-order valence-corrected chi connectivity index (χ4v) is 1.85. The second-order valence-corrected chi connectivity index (χ2v) is 4.72. The molecule has 1 atom stereocenters. The first-order valence-electron chi connectivity index (χ1n) is 6.00. The Bertz CT molecular complexity index is 296. The minimum absolute atomic E-state index is 0.429. The molecule has 1 aromatic heterocycles. The lowest BCUT2D eigenvalue weighted by atomic mass is 10.2. The first-order chi connectivity index (χ1) is 7.67. The largest absolute Gasteiger partial charge is 0.308 e. The molecule has 0 amide bonds. The summed E-state index contributed by atoms with van der Waals surface area (Å²) in [4.78, 5) is 0. The van der Waals surface area contributed by atoms with Crippen molar-refractivity contribution >= 4 is 11.6 Å². The minimum atomic E-state index is 0.429. The number of halogens is 1. The van der Waals surface area contributed by atoms with E-state index in [1.165, 1.54) is 0 Å². The zero-order valence-corrected chi connectivity index (χ0v) is 11.2. The van der Waals surface area contributed by atoms with Crippen LogP contribution in [0.5, 0.6) is 0 Å². The normalized spacial score (nSPS) is 13.3. The standard InChI is InChI=1S/C12H22ClN3/c1-4-11(5-7-13)14-9-12-6-8-16(15-12)10(2)3/h6,8,10-11,14H,4-5,7,9H2,1-3H3. The lowest BCUT2D eigenvalue weighted by Gasteiger charge is -2.14. The van der Waals surface area contributed by atoms with Gasteiger partial charge in [-0.15, -0.1) is 11.6 Å². The van der Waals surface area contributed by atoms with Crippen molar-refractivity contribution < 1.29 is 0 Å². The van der Waals surface area contributed by atoms with Gasteiger partial charge in [-0.3, -0.25) is 4.68 Å². The van der Waals surface area contributed by atoms with Crippen LogP contribution in [0.1, 0.15) is 45.3 Å². The maximum Gasteiger partial charge on any atom is 0.0762 e. The van der Waals surface area contributed by atoms with Gasteiger partial charge in [0.15, 0.2) is 0 Å². The smallest absolute Gasteiger partial charge is 0.0762 e. The minimum Gasteiger partial charge on any atom is -0.308 e. The summed E-state index contributed by atoms with van der Waals surface area (Å²) in [6.07, 6.45) is 4.16. The summed E-state index contributed by atoms with van der Waals surface area (Å²) >= 11 is 5.74. The van der Waals surface area contributed by atoms with Crippen molar-refractivity contribution in [1.82, 2.24) is 15.1 Å². The molecule has 3 nitrogen and oxygen atoms in total. The van der Waals surface area contributed by atoms with Gasteiger partial charge in [0.25, 0.3) is 0 Å². The third kappa shape index (κ3) is 4.14. The van der Waals surface area contributed by atoms with Gasteiger partial charge in [-0.05, 0) is 32.8 Å². The van der Waals surface area contributed by atoms with Gasteiger partial charge in [-0.2, -0.15) is 5.10 Å². The molecule has 0 radical (unpaired) electrons. The van der Waals surface area contributed by atoms with Crippen LogP contribution in [0, 0.1) is 0 Å². The van der Waals surface area contributed by atoms with Gasteiger partial charge >= 0.3 is 0 Å². The van der Waals surface area contributed by atoms with Crippen molar-refractivity contribution in [3.8, 4) is 0 Å². The molecule has 0 bridgehead atoms. The van der Waals surface area contributed by atoms with Gasteiger partial charge in [0.1, 0.15) is 0 Å². The topological polar surface area (TPSA) is 29.9 Å². The average molecular weight is 244 g/mol. The monoisotopic (exact) mass is 243 g/mol. The molecule has 0 aliphatic heterocycles. The molecule has 0 aromatic carbocycles. The van der Waals surface area contributed by atoms with Gasteiger partial charge in [-0.25, -0.2) is 0 Å². The molecule has 0 spiro atoms. The Balaban J connectivity index is 2.41. The van der Waals surface area contributed by atoms with Crippen molar-refractivity contribution in [3.63, 3.8) is 0 Å². The molecule has 1 N–H and O–H groups in total. The molecule has 92 valence electrons. The van der Waals surface area contributed by atoms with E-state index in [9.17, 15) is 0 Å². The van der Waals surface area contributed by atoms with Crippen LogP contribution in [0.3, 0.4) is 0 Å². The molecule has 1 aromatic rings. The molecular formula is C12H22ClN3. The summed E-state index contributed by atoms with van der Waals surface area (Å²) in [7, 11) is 0. The van der Waals surface area contributed by atoms with Gasteiger partial charge in [0.2, 0.25) is 0 Å². The molecule has 0 fully saturated rings. The number of hydrogen-bond donors (Lipinski definition) is 1. The highest BCUT2D eigenvalue weighted by molar-refractivity contribution is 6.17. The summed E-state index contributed by atoms with van der Waals surface area (Å²) < 4.78 is 1.99. The third-order valence-corrected chi connectivity index (χ3v) is 2.93. The van der Waals surface area contributed by atoms with E-state index in [4.69, 9.17) is 11.6 Å². The Morgan fingerprint density at radius 2 is 2.25 bits per heavy atom. The van der Waals surface area contributed by atoms with Crippen LogP contribution in [-0.4, -0.2) is 21.7 Å². The first kappa shape index (κ1) is 13.5. The van der Waals surface area contributed by atoms with Gasteiger partial charge < -0.3 is 5.32 Å². The molecule has 1 unspecified atom stereocenters. The Morgan fingerprint density at radius 3 is 2.75 bits per heavy atom. The van der Waals surface area contributed by atoms with Crippen LogP contribution >= 0.6 is 11.6 Å². The Kier molecular flexibility index (Phi) is 5.85. The maximum absolute atomic E-state index is 5.74. The quantitative estimate of drug-likeness (QED) is 0.747. The first-order valence-corrected chi connectivity index (χ1v) is 6.54. The number of aromatic nitrogens is 2. The number of rotatable bonds is 7. The number of alkyl halides is 1. The Hall–Kier alpha value is -0.540. The Labute approximate surface area is 103 Å². The molecule has 1 rings (SSSR count). The highest BCUT2D eigenvalue weighted by atomic mass is 35.5. The van der Waals surface area contributed by atoms with E-state index in [0.717, 1.165) is 25.1 Å². The van der Waals surface area contributed by atoms with E-state index < -0.39 is 0 Å². The number of nitrogens with zero attached hydrogens (tertiary/aromatic N) is 2. The van der Waals surface area contributed by atoms with Crippen LogP contribution < -0.4 is 5.32 Å². The average Bonchev–Trinajstić information content (AvgIpc) is 2.73. The summed E-state index contributed by atoms with van der Waals surface area (Å²) in [5, 5.41) is 7.98. The van der Waals surface area contributed by atoms with Gasteiger partial charge in [0, 0.05) is 30.7 Å². The maximum atomic E-state index is 5.74. The van der Waals surface area contributed by atoms with E-state index in [0.29, 0.717) is 18.0 Å². The number of hydrogen-bond acceptors (Lipinski definition) is 2. The van der Waals surface area contributed by atoms with E-state index in [2.05, 4.69) is 37.3 Å². The number of nitrogens with one attached hydrogen (secondary N) is 1. The second-order valence-electron chi connectivity index (χ2n) is 4.34. The molecule has 1 heterocycles. The molecule has 16 heavy (non-hydrogen) atoms. The van der Waals surface area contributed by atoms with E-state index in [1.54, 1.807) is 0 Å². The van der Waals surface area contributed by atoms with Crippen molar-refractivity contribution in [2.24, 2.45) is 0 Å². The zero-order chi connectivity index (χ0) is 12.0. The van der Waals surface area contributed by atoms with E-state index in [-0.39, 0.29) is 0 Å². The predicted octanol–water partition coefficient (Wildman–Crippen LogP) is 2.96. The molecular weight excluding hydrogens is 222 g/mol. The lowest BCUT2D eigenvalue weighted by Crippen LogP contribution is -2.28. The molecule has 0 saturated heterocycles. The fourth-order valence-electron chi connectivity index (χ4n) is 1.59. The molecule has 0 aliphatic rings. The molecule has 0 saturated carbocycles.